The zero-order chi connectivity index (χ0) is 8.72. The van der Waals surface area contributed by atoms with Crippen molar-refractivity contribution in [1.29, 1.82) is 0 Å². The molecule has 0 radical (unpaired) electrons. The molecule has 0 aliphatic heterocycles. The number of carbonyl (C=O) groups is 1. The van der Waals surface area contributed by atoms with Crippen LogP contribution in [0.4, 0.5) is 0 Å². The van der Waals surface area contributed by atoms with E-state index in [1.807, 2.05) is 11.8 Å². The summed E-state index contributed by atoms with van der Waals surface area (Å²) in [6.07, 6.45) is 5.77. The van der Waals surface area contributed by atoms with Gasteiger partial charge in [-0.15, -0.1) is 0 Å². The number of thioether (sulfide) groups is 1. The lowest BCUT2D eigenvalue weighted by Crippen LogP contribution is -2.32. The highest BCUT2D eigenvalue weighted by atomic mass is 32.2. The number of hydrogen-bond donors (Lipinski definition) is 1. The third kappa shape index (κ3) is 1.15. The Balaban J connectivity index is 2.09. The van der Waals surface area contributed by atoms with Gasteiger partial charge in [0.2, 0.25) is 5.91 Å². The van der Waals surface area contributed by atoms with Gasteiger partial charge in [-0.3, -0.25) is 4.79 Å². The standard InChI is InChI=1S/C9H15NOS/c1-12-8-4-5-2-6(8)7(3-5)9(10)11/h5-8H,2-4H2,1H3,(H2,10,11)/t5-,6+,7-,8+/m0/s1. The molecule has 2 N–H and O–H groups in total. The Hall–Kier alpha value is -0.180. The number of rotatable bonds is 2. The van der Waals surface area contributed by atoms with E-state index < -0.39 is 0 Å². The Kier molecular flexibility index (Phi) is 2.07. The van der Waals surface area contributed by atoms with E-state index >= 15 is 0 Å². The molecule has 2 bridgehead atoms. The highest BCUT2D eigenvalue weighted by Crippen LogP contribution is 2.51. The largest absolute Gasteiger partial charge is 0.369 e. The van der Waals surface area contributed by atoms with Crippen molar-refractivity contribution in [2.24, 2.45) is 23.5 Å². The highest BCUT2D eigenvalue weighted by Gasteiger charge is 2.47. The maximum absolute atomic E-state index is 11.1. The van der Waals surface area contributed by atoms with Gasteiger partial charge in [-0.2, -0.15) is 11.8 Å². The predicted molar refractivity (Wildman–Crippen MR) is 50.8 cm³/mol. The summed E-state index contributed by atoms with van der Waals surface area (Å²) in [4.78, 5) is 11.1. The quantitative estimate of drug-likeness (QED) is 0.703. The normalized spacial score (nSPS) is 45.1. The average molecular weight is 185 g/mol. The molecule has 0 spiro atoms. The Labute approximate surface area is 77.3 Å². The minimum absolute atomic E-state index is 0.0683. The van der Waals surface area contributed by atoms with Gasteiger partial charge in [0, 0.05) is 11.2 Å². The number of nitrogens with two attached hydrogens (primary N) is 1. The summed E-state index contributed by atoms with van der Waals surface area (Å²) in [6, 6.07) is 0. The minimum atomic E-state index is -0.0683. The molecule has 3 heteroatoms. The number of carbonyl (C=O) groups excluding carboxylic acids is 1. The smallest absolute Gasteiger partial charge is 0.220 e. The molecule has 2 saturated carbocycles. The van der Waals surface area contributed by atoms with E-state index in [2.05, 4.69) is 6.26 Å². The number of amides is 1. The van der Waals surface area contributed by atoms with Crippen LogP contribution in [-0.2, 0) is 4.79 Å². The van der Waals surface area contributed by atoms with Gasteiger partial charge in [0.1, 0.15) is 0 Å². The van der Waals surface area contributed by atoms with Crippen molar-refractivity contribution >= 4 is 17.7 Å². The molecule has 0 aromatic carbocycles. The zero-order valence-electron chi connectivity index (χ0n) is 7.32. The van der Waals surface area contributed by atoms with Gasteiger partial charge in [-0.05, 0) is 37.4 Å². The van der Waals surface area contributed by atoms with Crippen LogP contribution in [0.25, 0.3) is 0 Å². The number of primary amides is 1. The fourth-order valence-electron chi connectivity index (χ4n) is 2.88. The van der Waals surface area contributed by atoms with Crippen molar-refractivity contribution in [3.63, 3.8) is 0 Å². The molecule has 2 fully saturated rings. The van der Waals surface area contributed by atoms with E-state index in [1.54, 1.807) is 0 Å². The lowest BCUT2D eigenvalue weighted by Gasteiger charge is -2.25. The summed E-state index contributed by atoms with van der Waals surface area (Å²) < 4.78 is 0. The van der Waals surface area contributed by atoms with Crippen LogP contribution < -0.4 is 5.73 Å². The van der Waals surface area contributed by atoms with Crippen LogP contribution in [0.2, 0.25) is 0 Å². The van der Waals surface area contributed by atoms with Crippen LogP contribution in [0.15, 0.2) is 0 Å². The SMILES string of the molecule is CS[C@@H]1C[C@H]2C[C@@H]1[C@@H](C(N)=O)C2. The molecule has 68 valence electrons. The first-order chi connectivity index (χ1) is 5.72. The molecular weight excluding hydrogens is 170 g/mol. The fourth-order valence-corrected chi connectivity index (χ4v) is 4.00. The maximum atomic E-state index is 11.1. The first-order valence-electron chi connectivity index (χ1n) is 4.54. The second-order valence-electron chi connectivity index (χ2n) is 4.02. The molecule has 2 aliphatic rings. The summed E-state index contributed by atoms with van der Waals surface area (Å²) in [7, 11) is 0. The van der Waals surface area contributed by atoms with E-state index in [0.717, 1.165) is 12.3 Å². The molecule has 4 atom stereocenters. The number of fused-ring (bicyclic) bond motifs is 2. The van der Waals surface area contributed by atoms with Crippen molar-refractivity contribution in [3.8, 4) is 0 Å². The first-order valence-corrected chi connectivity index (χ1v) is 5.83. The summed E-state index contributed by atoms with van der Waals surface area (Å²) in [5, 5.41) is 0.709. The van der Waals surface area contributed by atoms with Gasteiger partial charge in [0.05, 0.1) is 0 Å². The Bertz CT molecular complexity index is 207. The molecule has 2 aliphatic carbocycles. The second-order valence-corrected chi connectivity index (χ2v) is 5.10. The Morgan fingerprint density at radius 1 is 1.42 bits per heavy atom. The van der Waals surface area contributed by atoms with Crippen LogP contribution in [-0.4, -0.2) is 17.4 Å². The summed E-state index contributed by atoms with van der Waals surface area (Å²) in [5.74, 6) is 1.52. The van der Waals surface area contributed by atoms with Crippen LogP contribution >= 0.6 is 11.8 Å². The summed E-state index contributed by atoms with van der Waals surface area (Å²) >= 11 is 1.91. The van der Waals surface area contributed by atoms with Crippen molar-refractivity contribution in [2.75, 3.05) is 6.26 Å². The van der Waals surface area contributed by atoms with Gasteiger partial charge >= 0.3 is 0 Å². The molecular formula is C9H15NOS. The van der Waals surface area contributed by atoms with Crippen LogP contribution in [0.1, 0.15) is 19.3 Å². The molecule has 2 nitrogen and oxygen atoms in total. The summed E-state index contributed by atoms with van der Waals surface area (Å²) in [6.45, 7) is 0. The predicted octanol–water partition coefficient (Wildman–Crippen LogP) is 1.25. The molecule has 0 heterocycles. The fraction of sp³-hybridized carbons (Fsp3) is 0.889. The lowest BCUT2D eigenvalue weighted by atomic mass is 9.88. The Morgan fingerprint density at radius 2 is 2.17 bits per heavy atom. The van der Waals surface area contributed by atoms with Gasteiger partial charge in [0.25, 0.3) is 0 Å². The van der Waals surface area contributed by atoms with Crippen LogP contribution in [0.5, 0.6) is 0 Å². The first kappa shape index (κ1) is 8.42. The lowest BCUT2D eigenvalue weighted by molar-refractivity contribution is -0.123. The number of hydrogen-bond acceptors (Lipinski definition) is 2. The van der Waals surface area contributed by atoms with Crippen molar-refractivity contribution in [1.82, 2.24) is 0 Å². The zero-order valence-corrected chi connectivity index (χ0v) is 8.14. The maximum Gasteiger partial charge on any atom is 0.220 e. The van der Waals surface area contributed by atoms with Gasteiger partial charge in [0.15, 0.2) is 0 Å². The molecule has 0 saturated heterocycles. The van der Waals surface area contributed by atoms with Gasteiger partial charge in [-0.25, -0.2) is 0 Å². The molecule has 1 amide bonds. The molecule has 2 rings (SSSR count). The van der Waals surface area contributed by atoms with E-state index in [9.17, 15) is 4.79 Å². The van der Waals surface area contributed by atoms with E-state index in [4.69, 9.17) is 5.73 Å². The van der Waals surface area contributed by atoms with Crippen molar-refractivity contribution in [3.05, 3.63) is 0 Å². The topological polar surface area (TPSA) is 43.1 Å². The summed E-state index contributed by atoms with van der Waals surface area (Å²) in [5.41, 5.74) is 5.35. The molecule has 0 unspecified atom stereocenters. The molecule has 0 aromatic heterocycles. The van der Waals surface area contributed by atoms with Crippen molar-refractivity contribution < 1.29 is 4.79 Å². The van der Waals surface area contributed by atoms with E-state index in [1.165, 1.54) is 12.8 Å². The minimum Gasteiger partial charge on any atom is -0.369 e. The van der Waals surface area contributed by atoms with Crippen molar-refractivity contribution in [2.45, 2.75) is 24.5 Å². The molecule has 12 heavy (non-hydrogen) atoms. The van der Waals surface area contributed by atoms with E-state index in [-0.39, 0.29) is 11.8 Å². The van der Waals surface area contributed by atoms with Gasteiger partial charge in [-0.1, -0.05) is 0 Å². The monoisotopic (exact) mass is 185 g/mol. The Morgan fingerprint density at radius 3 is 2.67 bits per heavy atom. The third-order valence-corrected chi connectivity index (χ3v) is 4.57. The second kappa shape index (κ2) is 2.95. The third-order valence-electron chi connectivity index (χ3n) is 3.42. The van der Waals surface area contributed by atoms with E-state index in [0.29, 0.717) is 11.2 Å². The van der Waals surface area contributed by atoms with Crippen LogP contribution in [0, 0.1) is 17.8 Å². The van der Waals surface area contributed by atoms with Crippen LogP contribution in [0.3, 0.4) is 0 Å². The average Bonchev–Trinajstić information content (AvgIpc) is 2.60. The molecule has 0 aromatic rings. The van der Waals surface area contributed by atoms with Gasteiger partial charge < -0.3 is 5.73 Å². The highest BCUT2D eigenvalue weighted by molar-refractivity contribution is 7.99.